The SMILES string of the molecule is COC(=O)C1CC[NH+](CC(=O)Nc2cc(Cl)c(Cl)cc2Cl)CC1. The van der Waals surface area contributed by atoms with Gasteiger partial charge in [-0.15, -0.1) is 0 Å². The molecule has 0 aromatic heterocycles. The number of hydrogen-bond donors (Lipinski definition) is 2. The molecule has 8 heteroatoms. The number of piperidine rings is 1. The summed E-state index contributed by atoms with van der Waals surface area (Å²) in [5.74, 6) is -0.385. The lowest BCUT2D eigenvalue weighted by Crippen LogP contribution is -3.14. The highest BCUT2D eigenvalue weighted by molar-refractivity contribution is 6.44. The van der Waals surface area contributed by atoms with Crippen LogP contribution < -0.4 is 10.2 Å². The largest absolute Gasteiger partial charge is 0.469 e. The summed E-state index contributed by atoms with van der Waals surface area (Å²) in [5.41, 5.74) is 0.440. The zero-order chi connectivity index (χ0) is 17.0. The van der Waals surface area contributed by atoms with E-state index in [1.807, 2.05) is 0 Å². The highest BCUT2D eigenvalue weighted by Crippen LogP contribution is 2.32. The third kappa shape index (κ3) is 4.98. The van der Waals surface area contributed by atoms with E-state index in [2.05, 4.69) is 5.32 Å². The Morgan fingerprint density at radius 2 is 1.78 bits per heavy atom. The fourth-order valence-corrected chi connectivity index (χ4v) is 3.24. The Kier molecular flexibility index (Phi) is 6.53. The molecule has 1 heterocycles. The number of benzene rings is 1. The number of carbonyl (C=O) groups excluding carboxylic acids is 2. The number of esters is 1. The summed E-state index contributed by atoms with van der Waals surface area (Å²) >= 11 is 17.8. The topological polar surface area (TPSA) is 59.8 Å². The van der Waals surface area contributed by atoms with Crippen LogP contribution >= 0.6 is 34.8 Å². The van der Waals surface area contributed by atoms with Gasteiger partial charge in [-0.2, -0.15) is 0 Å². The maximum Gasteiger partial charge on any atom is 0.309 e. The lowest BCUT2D eigenvalue weighted by molar-refractivity contribution is -0.897. The van der Waals surface area contributed by atoms with Crippen LogP contribution in [0.2, 0.25) is 15.1 Å². The van der Waals surface area contributed by atoms with Gasteiger partial charge in [-0.25, -0.2) is 0 Å². The highest BCUT2D eigenvalue weighted by atomic mass is 35.5. The molecule has 2 rings (SSSR count). The Morgan fingerprint density at radius 1 is 1.17 bits per heavy atom. The van der Waals surface area contributed by atoms with Crippen molar-refractivity contribution in [3.05, 3.63) is 27.2 Å². The maximum absolute atomic E-state index is 12.1. The average molecular weight is 381 g/mol. The van der Waals surface area contributed by atoms with Crippen LogP contribution in [-0.2, 0) is 14.3 Å². The Labute approximate surface area is 149 Å². The quantitative estimate of drug-likeness (QED) is 0.621. The minimum Gasteiger partial charge on any atom is -0.469 e. The van der Waals surface area contributed by atoms with Crippen molar-refractivity contribution >= 4 is 52.4 Å². The van der Waals surface area contributed by atoms with Gasteiger partial charge in [0.1, 0.15) is 0 Å². The normalized spacial score (nSPS) is 20.9. The molecule has 23 heavy (non-hydrogen) atoms. The Morgan fingerprint density at radius 3 is 2.39 bits per heavy atom. The summed E-state index contributed by atoms with van der Waals surface area (Å²) in [6.45, 7) is 1.81. The fourth-order valence-electron chi connectivity index (χ4n) is 2.65. The summed E-state index contributed by atoms with van der Waals surface area (Å²) < 4.78 is 4.75. The van der Waals surface area contributed by atoms with Crippen molar-refractivity contribution in [2.75, 3.05) is 32.1 Å². The highest BCUT2D eigenvalue weighted by Gasteiger charge is 2.29. The minimum absolute atomic E-state index is 0.0590. The van der Waals surface area contributed by atoms with E-state index in [0.717, 1.165) is 30.8 Å². The second-order valence-electron chi connectivity index (χ2n) is 5.52. The van der Waals surface area contributed by atoms with Gasteiger partial charge in [-0.3, -0.25) is 9.59 Å². The molecule has 5 nitrogen and oxygen atoms in total. The molecular formula is C15H18Cl3N2O3+. The lowest BCUT2D eigenvalue weighted by atomic mass is 9.97. The molecule has 1 aromatic carbocycles. The number of rotatable bonds is 4. The van der Waals surface area contributed by atoms with Crippen LogP contribution in [0, 0.1) is 5.92 Å². The van der Waals surface area contributed by atoms with Gasteiger partial charge in [0.2, 0.25) is 0 Å². The van der Waals surface area contributed by atoms with Crippen LogP contribution in [0.25, 0.3) is 0 Å². The Bertz CT molecular complexity index is 602. The summed E-state index contributed by atoms with van der Waals surface area (Å²) in [6.07, 6.45) is 1.45. The van der Waals surface area contributed by atoms with Gasteiger partial charge < -0.3 is 15.0 Å². The Balaban J connectivity index is 1.87. The Hall–Kier alpha value is -1.01. The number of amides is 1. The van der Waals surface area contributed by atoms with Crippen LogP contribution in [0.4, 0.5) is 5.69 Å². The van der Waals surface area contributed by atoms with Crippen molar-refractivity contribution in [1.29, 1.82) is 0 Å². The average Bonchev–Trinajstić information content (AvgIpc) is 2.52. The lowest BCUT2D eigenvalue weighted by Gasteiger charge is -2.27. The van der Waals surface area contributed by atoms with Crippen LogP contribution in [-0.4, -0.2) is 38.6 Å². The number of halogens is 3. The molecule has 0 saturated carbocycles. The van der Waals surface area contributed by atoms with E-state index in [9.17, 15) is 9.59 Å². The summed E-state index contributed by atoms with van der Waals surface area (Å²) in [5, 5.41) is 3.75. The number of nitrogens with one attached hydrogen (secondary N) is 2. The number of likely N-dealkylation sites (tertiary alicyclic amines) is 1. The van der Waals surface area contributed by atoms with E-state index in [-0.39, 0.29) is 17.8 Å². The number of ether oxygens (including phenoxy) is 1. The number of quaternary nitrogens is 1. The fraction of sp³-hybridized carbons (Fsp3) is 0.467. The molecule has 0 aliphatic carbocycles. The predicted molar refractivity (Wildman–Crippen MR) is 90.4 cm³/mol. The molecule has 1 fully saturated rings. The number of anilines is 1. The van der Waals surface area contributed by atoms with Crippen molar-refractivity contribution in [3.8, 4) is 0 Å². The van der Waals surface area contributed by atoms with Gasteiger partial charge in [0, 0.05) is 12.8 Å². The predicted octanol–water partition coefficient (Wildman–Crippen LogP) is 2.05. The maximum atomic E-state index is 12.1. The molecule has 0 spiro atoms. The van der Waals surface area contributed by atoms with Gasteiger partial charge in [0.25, 0.3) is 5.91 Å². The van der Waals surface area contributed by atoms with Crippen LogP contribution in [0.5, 0.6) is 0 Å². The number of hydrogen-bond acceptors (Lipinski definition) is 3. The minimum atomic E-state index is -0.170. The number of carbonyl (C=O) groups is 2. The molecule has 1 aliphatic heterocycles. The van der Waals surface area contributed by atoms with Gasteiger partial charge in [-0.1, -0.05) is 34.8 Å². The first kappa shape index (κ1) is 18.3. The van der Waals surface area contributed by atoms with Crippen molar-refractivity contribution in [1.82, 2.24) is 0 Å². The molecule has 1 amide bonds. The zero-order valence-electron chi connectivity index (χ0n) is 12.6. The van der Waals surface area contributed by atoms with Gasteiger partial charge >= 0.3 is 5.97 Å². The van der Waals surface area contributed by atoms with Crippen molar-refractivity contribution in [2.45, 2.75) is 12.8 Å². The molecule has 126 valence electrons. The van der Waals surface area contributed by atoms with E-state index in [1.165, 1.54) is 19.2 Å². The van der Waals surface area contributed by atoms with Gasteiger partial charge in [-0.05, 0) is 12.1 Å². The van der Waals surface area contributed by atoms with E-state index < -0.39 is 0 Å². The summed E-state index contributed by atoms with van der Waals surface area (Å²) in [4.78, 5) is 24.8. The monoisotopic (exact) mass is 379 g/mol. The molecule has 0 unspecified atom stereocenters. The molecule has 1 aliphatic rings. The molecule has 1 aromatic rings. The first-order chi connectivity index (χ1) is 10.9. The van der Waals surface area contributed by atoms with E-state index >= 15 is 0 Å². The van der Waals surface area contributed by atoms with E-state index in [1.54, 1.807) is 0 Å². The number of methoxy groups -OCH3 is 1. The molecular weight excluding hydrogens is 363 g/mol. The third-order valence-electron chi connectivity index (χ3n) is 3.92. The van der Waals surface area contributed by atoms with Gasteiger partial charge in [0.05, 0.1) is 46.9 Å². The smallest absolute Gasteiger partial charge is 0.309 e. The standard InChI is InChI=1S/C15H17Cl3N2O3/c1-23-15(22)9-2-4-20(5-3-9)8-14(21)19-13-7-11(17)10(16)6-12(13)18/h6-7,9H,2-5,8H2,1H3,(H,19,21)/p+1. The zero-order valence-corrected chi connectivity index (χ0v) is 14.9. The van der Waals surface area contributed by atoms with Crippen LogP contribution in [0.3, 0.4) is 0 Å². The van der Waals surface area contributed by atoms with Crippen LogP contribution in [0.15, 0.2) is 12.1 Å². The van der Waals surface area contributed by atoms with Crippen molar-refractivity contribution < 1.29 is 19.2 Å². The van der Waals surface area contributed by atoms with E-state index in [0.29, 0.717) is 27.3 Å². The molecule has 0 bridgehead atoms. The molecule has 1 saturated heterocycles. The second-order valence-corrected chi connectivity index (χ2v) is 6.74. The van der Waals surface area contributed by atoms with Crippen molar-refractivity contribution in [2.24, 2.45) is 5.92 Å². The van der Waals surface area contributed by atoms with Gasteiger partial charge in [0.15, 0.2) is 6.54 Å². The molecule has 2 N–H and O–H groups in total. The third-order valence-corrected chi connectivity index (χ3v) is 4.96. The summed E-state index contributed by atoms with van der Waals surface area (Å²) in [7, 11) is 1.40. The first-order valence-corrected chi connectivity index (χ1v) is 8.40. The first-order valence-electron chi connectivity index (χ1n) is 7.26. The molecule has 0 atom stereocenters. The van der Waals surface area contributed by atoms with Crippen LogP contribution in [0.1, 0.15) is 12.8 Å². The van der Waals surface area contributed by atoms with E-state index in [4.69, 9.17) is 39.5 Å². The second kappa shape index (κ2) is 8.20. The molecule has 0 radical (unpaired) electrons. The van der Waals surface area contributed by atoms with Crippen molar-refractivity contribution in [3.63, 3.8) is 0 Å². The summed E-state index contributed by atoms with van der Waals surface area (Å²) in [6, 6.07) is 3.03.